The average molecular weight is 426 g/mol. The van der Waals surface area contributed by atoms with E-state index in [1.54, 1.807) is 0 Å². The van der Waals surface area contributed by atoms with E-state index < -0.39 is 67.3 Å². The van der Waals surface area contributed by atoms with Crippen LogP contribution in [0.15, 0.2) is 48.5 Å². The van der Waals surface area contributed by atoms with Gasteiger partial charge in [0.25, 0.3) is 0 Å². The number of phenols is 1. The third-order valence-electron chi connectivity index (χ3n) is 4.35. The number of benzene rings is 2. The molecule has 166 valence electrons. The molecule has 0 heterocycles. The van der Waals surface area contributed by atoms with Crippen LogP contribution in [0, 0.1) is 0 Å². The lowest BCUT2D eigenvalue weighted by atomic mass is 10.1. The van der Waals surface area contributed by atoms with Crippen molar-refractivity contribution in [3.63, 3.8) is 0 Å². The Bertz CT molecular complexity index is 1110. The van der Waals surface area contributed by atoms with E-state index in [0.717, 1.165) is 5.56 Å². The van der Waals surface area contributed by atoms with Crippen LogP contribution in [0.1, 0.15) is 75.0 Å². The number of aliphatic hydroxyl groups is 2. The van der Waals surface area contributed by atoms with Crippen molar-refractivity contribution < 1.29 is 33.8 Å². The molecule has 0 saturated carbocycles. The predicted molar refractivity (Wildman–Crippen MR) is 121 cm³/mol. The van der Waals surface area contributed by atoms with Crippen LogP contribution in [0.2, 0.25) is 0 Å². The van der Waals surface area contributed by atoms with E-state index >= 15 is 0 Å². The molecule has 0 aliphatic heterocycles. The first kappa shape index (κ1) is 13.5. The minimum Gasteiger partial charge on any atom is -0.508 e. The van der Waals surface area contributed by atoms with E-state index in [1.165, 1.54) is 0 Å². The average Bonchev–Trinajstić information content (AvgIpc) is 2.81. The summed E-state index contributed by atoms with van der Waals surface area (Å²) >= 11 is 0. The Kier molecular flexibility index (Phi) is 6.73. The molecule has 1 unspecified atom stereocenters. The molecule has 5 nitrogen and oxygen atoms in total. The van der Waals surface area contributed by atoms with E-state index in [0.29, 0.717) is 32.1 Å². The molecule has 0 spiro atoms. The summed E-state index contributed by atoms with van der Waals surface area (Å²) in [6.07, 6.45) is -0.0839. The van der Waals surface area contributed by atoms with E-state index in [4.69, 9.17) is 18.4 Å². The molecular weight excluding hydrogens is 378 g/mol. The molecule has 0 aromatic heterocycles. The summed E-state index contributed by atoms with van der Waals surface area (Å²) in [6.45, 7) is -7.77. The van der Waals surface area contributed by atoms with E-state index in [9.17, 15) is 15.3 Å². The maximum Gasteiger partial charge on any atom is 0.121 e. The number of nitrogens with one attached hydrogen (secondary N) is 1. The van der Waals surface area contributed by atoms with Gasteiger partial charge in [0.2, 0.25) is 0 Å². The predicted octanol–water partition coefficient (Wildman–Crippen LogP) is 4.11. The highest BCUT2D eigenvalue weighted by atomic mass is 16.5. The van der Waals surface area contributed by atoms with Crippen molar-refractivity contribution in [1.29, 1.82) is 0 Å². The maximum atomic E-state index is 10.6. The number of rotatable bonds is 16. The van der Waals surface area contributed by atoms with Gasteiger partial charge in [0, 0.05) is 25.2 Å². The molecule has 0 aliphatic rings. The summed E-state index contributed by atoms with van der Waals surface area (Å²) in [4.78, 5) is 0. The number of unbranched alkanes of at least 4 members (excludes halogenated alkanes) is 2. The van der Waals surface area contributed by atoms with E-state index in [-0.39, 0.29) is 19.4 Å². The maximum absolute atomic E-state index is 10.6. The second-order valence-electron chi connectivity index (χ2n) is 6.75. The Morgan fingerprint density at radius 2 is 1.77 bits per heavy atom. The molecule has 5 heteroatoms. The minimum atomic E-state index is -3.24. The molecule has 0 fully saturated rings. The summed E-state index contributed by atoms with van der Waals surface area (Å²) in [7, 11) is 0. The number of aryl methyl sites for hydroxylation is 1. The Labute approximate surface area is 194 Å². The highest BCUT2D eigenvalue weighted by Crippen LogP contribution is 2.22. The van der Waals surface area contributed by atoms with Gasteiger partial charge in [0.1, 0.15) is 5.75 Å². The second kappa shape index (κ2) is 15.0. The molecule has 2 aromatic carbocycles. The van der Waals surface area contributed by atoms with Gasteiger partial charge in [-0.25, -0.2) is 0 Å². The first-order valence-corrected chi connectivity index (χ1v) is 10.1. The SMILES string of the molecule is [2H]c1c([2H])c(C([2H])(O)CNCCCCCC([2H])([2H])OC([2H])([2H])CCCc2ccccc2)c([2H])c(C([2H])([2H])O)c1O. The second-order valence-corrected chi connectivity index (χ2v) is 6.75. The van der Waals surface area contributed by atoms with Crippen molar-refractivity contribution in [3.8, 4) is 5.75 Å². The fraction of sp³-hybridized carbons (Fsp3) is 0.520. The minimum absolute atomic E-state index is 0.0380. The van der Waals surface area contributed by atoms with Crippen molar-refractivity contribution in [2.75, 3.05) is 26.2 Å². The van der Waals surface area contributed by atoms with Crippen molar-refractivity contribution in [2.24, 2.45) is 0 Å². The van der Waals surface area contributed by atoms with Gasteiger partial charge in [-0.15, -0.1) is 0 Å². The molecule has 0 aliphatic carbocycles. The third kappa shape index (κ3) is 9.72. The molecule has 2 aromatic rings. The number of hydrogen-bond donors (Lipinski definition) is 4. The number of aromatic hydroxyl groups is 1. The molecule has 0 saturated heterocycles. The van der Waals surface area contributed by atoms with Gasteiger partial charge in [0.05, 0.1) is 26.3 Å². The molecule has 1 atom stereocenters. The van der Waals surface area contributed by atoms with Crippen LogP contribution in [-0.2, 0) is 17.7 Å². The lowest BCUT2D eigenvalue weighted by Gasteiger charge is -2.14. The lowest BCUT2D eigenvalue weighted by molar-refractivity contribution is 0.126. The standard InChI is InChI=1S/C25H37NO4/c27-20-23-18-22(13-14-24(23)28)25(29)19-26-15-7-1-2-8-16-30-17-9-6-12-21-10-4-3-5-11-21/h3-5,10-11,13-14,18,25-29H,1-2,6-9,12,15-17,19-20H2/i13D,14D,16D2,17D2,18D,20D2,25D. The van der Waals surface area contributed by atoms with Gasteiger partial charge < -0.3 is 25.4 Å². The zero-order valence-corrected chi connectivity index (χ0v) is 17.0. The van der Waals surface area contributed by atoms with Gasteiger partial charge in [0.15, 0.2) is 0 Å². The molecule has 0 bridgehead atoms. The summed E-state index contributed by atoms with van der Waals surface area (Å²) in [6, 6.07) is 6.89. The molecule has 4 N–H and O–H groups in total. The summed E-state index contributed by atoms with van der Waals surface area (Å²) in [5.41, 5.74) is -0.675. The first-order chi connectivity index (χ1) is 18.4. The zero-order chi connectivity index (χ0) is 30.4. The van der Waals surface area contributed by atoms with Crippen LogP contribution in [0.4, 0.5) is 0 Å². The highest BCUT2D eigenvalue weighted by Gasteiger charge is 2.09. The van der Waals surface area contributed by atoms with Gasteiger partial charge in [-0.1, -0.05) is 49.2 Å². The van der Waals surface area contributed by atoms with Crippen molar-refractivity contribution >= 4 is 0 Å². The monoisotopic (exact) mass is 425 g/mol. The van der Waals surface area contributed by atoms with Gasteiger partial charge >= 0.3 is 0 Å². The van der Waals surface area contributed by atoms with Gasteiger partial charge in [-0.2, -0.15) is 0 Å². The van der Waals surface area contributed by atoms with Crippen LogP contribution >= 0.6 is 0 Å². The van der Waals surface area contributed by atoms with Crippen LogP contribution in [0.5, 0.6) is 5.75 Å². The van der Waals surface area contributed by atoms with Gasteiger partial charge in [-0.3, -0.25) is 0 Å². The summed E-state index contributed by atoms with van der Waals surface area (Å²) in [5, 5.41) is 33.0. The molecule has 0 amide bonds. The Morgan fingerprint density at radius 1 is 1.03 bits per heavy atom. The number of hydrogen-bond acceptors (Lipinski definition) is 5. The Morgan fingerprint density at radius 3 is 2.53 bits per heavy atom. The Hall–Kier alpha value is -1.92. The molecule has 2 rings (SSSR count). The summed E-state index contributed by atoms with van der Waals surface area (Å²) < 4.78 is 84.0. The van der Waals surface area contributed by atoms with Gasteiger partial charge in [-0.05, 0) is 61.9 Å². The molecule has 0 radical (unpaired) electrons. The first-order valence-electron chi connectivity index (χ1n) is 15.1. The van der Waals surface area contributed by atoms with Crippen LogP contribution in [0.3, 0.4) is 0 Å². The van der Waals surface area contributed by atoms with Crippen LogP contribution < -0.4 is 5.32 Å². The van der Waals surface area contributed by atoms with Crippen molar-refractivity contribution in [1.82, 2.24) is 5.32 Å². The zero-order valence-electron chi connectivity index (χ0n) is 27.0. The lowest BCUT2D eigenvalue weighted by Crippen LogP contribution is -2.22. The molecule has 30 heavy (non-hydrogen) atoms. The normalized spacial score (nSPS) is 19.5. The van der Waals surface area contributed by atoms with Crippen LogP contribution in [0.25, 0.3) is 0 Å². The topological polar surface area (TPSA) is 82.0 Å². The molecular formula is C25H37NO4. The fourth-order valence-corrected chi connectivity index (χ4v) is 2.71. The van der Waals surface area contributed by atoms with E-state index in [1.807, 2.05) is 30.3 Å². The van der Waals surface area contributed by atoms with E-state index in [2.05, 4.69) is 5.32 Å². The quantitative estimate of drug-likeness (QED) is 0.304. The Balaban J connectivity index is 1.79. The van der Waals surface area contributed by atoms with Crippen molar-refractivity contribution in [3.05, 3.63) is 65.1 Å². The fourth-order valence-electron chi connectivity index (χ4n) is 2.71. The smallest absolute Gasteiger partial charge is 0.121 e. The van der Waals surface area contributed by atoms with Crippen molar-refractivity contribution in [2.45, 2.75) is 57.6 Å². The van der Waals surface area contributed by atoms with Crippen LogP contribution in [-0.4, -0.2) is 41.5 Å². The third-order valence-corrected chi connectivity index (χ3v) is 4.35. The largest absolute Gasteiger partial charge is 0.508 e. The highest BCUT2D eigenvalue weighted by molar-refractivity contribution is 5.36. The summed E-state index contributed by atoms with van der Waals surface area (Å²) in [5.74, 6) is -1.11. The number of ether oxygens (including phenoxy) is 1.